The summed E-state index contributed by atoms with van der Waals surface area (Å²) in [5.74, 6) is 1.01. The zero-order chi connectivity index (χ0) is 19.1. The molecule has 0 saturated carbocycles. The van der Waals surface area contributed by atoms with Crippen molar-refractivity contribution in [3.8, 4) is 5.69 Å². The van der Waals surface area contributed by atoms with Crippen LogP contribution < -0.4 is 4.87 Å². The van der Waals surface area contributed by atoms with Gasteiger partial charge in [0.1, 0.15) is 11.3 Å². The Balaban J connectivity index is 1.53. The summed E-state index contributed by atoms with van der Waals surface area (Å²) < 4.78 is 5.03. The molecule has 0 amide bonds. The van der Waals surface area contributed by atoms with Crippen LogP contribution in [0.25, 0.3) is 26.9 Å². The Bertz CT molecular complexity index is 1340. The monoisotopic (exact) mass is 386 g/mol. The minimum atomic E-state index is 0.0756. The van der Waals surface area contributed by atoms with Crippen molar-refractivity contribution in [3.05, 3.63) is 88.0 Å². The van der Waals surface area contributed by atoms with Crippen molar-refractivity contribution in [2.24, 2.45) is 0 Å². The van der Waals surface area contributed by atoms with E-state index in [0.29, 0.717) is 6.54 Å². The van der Waals surface area contributed by atoms with Crippen LogP contribution in [0, 0.1) is 0 Å². The zero-order valence-electron chi connectivity index (χ0n) is 15.4. The van der Waals surface area contributed by atoms with E-state index in [1.165, 1.54) is 11.3 Å². The molecule has 0 bridgehead atoms. The molecular formula is C22H18N4OS. The molecule has 6 heteroatoms. The molecule has 0 spiro atoms. The van der Waals surface area contributed by atoms with E-state index in [9.17, 15) is 4.79 Å². The molecule has 0 radical (unpaired) electrons. The number of pyridine rings is 1. The third kappa shape index (κ3) is 2.73. The van der Waals surface area contributed by atoms with Gasteiger partial charge in [-0.25, -0.2) is 4.98 Å². The van der Waals surface area contributed by atoms with Crippen molar-refractivity contribution in [2.75, 3.05) is 0 Å². The summed E-state index contributed by atoms with van der Waals surface area (Å²) in [6.07, 6.45) is 4.43. The topological polar surface area (TPSA) is 52.7 Å². The lowest BCUT2D eigenvalue weighted by atomic mass is 10.2. The number of rotatable bonds is 4. The average Bonchev–Trinajstić information content (AvgIpc) is 3.26. The van der Waals surface area contributed by atoms with Gasteiger partial charge in [-0.3, -0.25) is 18.9 Å². The highest BCUT2D eigenvalue weighted by molar-refractivity contribution is 7.16. The van der Waals surface area contributed by atoms with Crippen LogP contribution in [0.2, 0.25) is 0 Å². The van der Waals surface area contributed by atoms with E-state index in [4.69, 9.17) is 4.98 Å². The smallest absolute Gasteiger partial charge is 0.296 e. The molecule has 3 heterocycles. The molecule has 0 N–H and O–H groups in total. The Morgan fingerprint density at radius 2 is 1.82 bits per heavy atom. The third-order valence-electron chi connectivity index (χ3n) is 4.95. The fourth-order valence-electron chi connectivity index (χ4n) is 3.60. The first-order valence-corrected chi connectivity index (χ1v) is 10.1. The Morgan fingerprint density at radius 3 is 2.64 bits per heavy atom. The van der Waals surface area contributed by atoms with Gasteiger partial charge in [0, 0.05) is 18.3 Å². The highest BCUT2D eigenvalue weighted by Crippen LogP contribution is 2.22. The Hall–Kier alpha value is -3.25. The van der Waals surface area contributed by atoms with Crippen LogP contribution in [0.4, 0.5) is 0 Å². The van der Waals surface area contributed by atoms with Gasteiger partial charge in [-0.2, -0.15) is 0 Å². The molecule has 5 aromatic rings. The van der Waals surface area contributed by atoms with E-state index >= 15 is 0 Å². The predicted molar refractivity (Wildman–Crippen MR) is 113 cm³/mol. The minimum Gasteiger partial charge on any atom is -0.296 e. The summed E-state index contributed by atoms with van der Waals surface area (Å²) in [7, 11) is 0. The van der Waals surface area contributed by atoms with Gasteiger partial charge in [0.15, 0.2) is 0 Å². The van der Waals surface area contributed by atoms with Crippen LogP contribution in [-0.2, 0) is 13.0 Å². The Kier molecular flexibility index (Phi) is 4.06. The molecule has 138 valence electrons. The molecule has 2 aromatic carbocycles. The summed E-state index contributed by atoms with van der Waals surface area (Å²) in [5, 5.41) is 0. The first-order valence-electron chi connectivity index (χ1n) is 9.23. The van der Waals surface area contributed by atoms with Crippen LogP contribution in [0.5, 0.6) is 0 Å². The average molecular weight is 386 g/mol. The molecule has 28 heavy (non-hydrogen) atoms. The first-order chi connectivity index (χ1) is 13.7. The molecular weight excluding hydrogens is 368 g/mol. The number of imidazole rings is 1. The number of aromatic nitrogens is 4. The van der Waals surface area contributed by atoms with Crippen LogP contribution in [-0.4, -0.2) is 19.1 Å². The largest absolute Gasteiger partial charge is 0.308 e. The lowest BCUT2D eigenvalue weighted by Gasteiger charge is -2.10. The second-order valence-corrected chi connectivity index (χ2v) is 7.66. The van der Waals surface area contributed by atoms with Crippen molar-refractivity contribution >= 4 is 32.6 Å². The molecule has 5 nitrogen and oxygen atoms in total. The zero-order valence-corrected chi connectivity index (χ0v) is 16.2. The number of thiazole rings is 1. The number of nitrogens with zero attached hydrogens (tertiary/aromatic N) is 4. The summed E-state index contributed by atoms with van der Waals surface area (Å²) >= 11 is 1.29. The lowest BCUT2D eigenvalue weighted by Crippen LogP contribution is -2.13. The fourth-order valence-corrected chi connectivity index (χ4v) is 4.49. The van der Waals surface area contributed by atoms with Crippen molar-refractivity contribution in [2.45, 2.75) is 19.9 Å². The quantitative estimate of drug-likeness (QED) is 0.460. The second kappa shape index (κ2) is 6.73. The molecule has 0 aliphatic carbocycles. The number of fused-ring (bicyclic) bond motifs is 2. The molecule has 0 fully saturated rings. The number of aryl methyl sites for hydroxylation is 1. The van der Waals surface area contributed by atoms with Gasteiger partial charge < -0.3 is 0 Å². The van der Waals surface area contributed by atoms with Crippen LogP contribution in [0.1, 0.15) is 18.3 Å². The molecule has 5 rings (SSSR count). The maximum absolute atomic E-state index is 12.4. The normalized spacial score (nSPS) is 11.5. The summed E-state index contributed by atoms with van der Waals surface area (Å²) in [5.41, 5.74) is 5.11. The predicted octanol–water partition coefficient (Wildman–Crippen LogP) is 4.41. The van der Waals surface area contributed by atoms with Crippen molar-refractivity contribution < 1.29 is 0 Å². The second-order valence-electron chi connectivity index (χ2n) is 6.67. The molecule has 0 unspecified atom stereocenters. The summed E-state index contributed by atoms with van der Waals surface area (Å²) in [6, 6.07) is 18.3. The number of para-hydroxylation sites is 1. The molecule has 3 aromatic heterocycles. The number of hydrogen-bond acceptors (Lipinski definition) is 4. The van der Waals surface area contributed by atoms with E-state index in [-0.39, 0.29) is 4.87 Å². The highest BCUT2D eigenvalue weighted by atomic mass is 32.1. The SMILES string of the molecule is CCc1nc2cnccc2n1-c1ccc(Cn2c(=O)sc3ccccc32)cc1. The Labute approximate surface area is 165 Å². The highest BCUT2D eigenvalue weighted by Gasteiger charge is 2.12. The molecule has 0 atom stereocenters. The van der Waals surface area contributed by atoms with E-state index in [1.807, 2.05) is 34.9 Å². The van der Waals surface area contributed by atoms with Crippen molar-refractivity contribution in [1.82, 2.24) is 19.1 Å². The van der Waals surface area contributed by atoms with Gasteiger partial charge in [-0.1, -0.05) is 42.5 Å². The van der Waals surface area contributed by atoms with Gasteiger partial charge in [-0.15, -0.1) is 0 Å². The van der Waals surface area contributed by atoms with Gasteiger partial charge in [0.05, 0.1) is 28.5 Å². The third-order valence-corrected chi connectivity index (χ3v) is 5.91. The van der Waals surface area contributed by atoms with Crippen LogP contribution >= 0.6 is 11.3 Å². The van der Waals surface area contributed by atoms with Crippen LogP contribution in [0.3, 0.4) is 0 Å². The number of benzene rings is 2. The summed E-state index contributed by atoms with van der Waals surface area (Å²) in [6.45, 7) is 2.67. The van der Waals surface area contributed by atoms with E-state index < -0.39 is 0 Å². The first kappa shape index (κ1) is 16.9. The maximum Gasteiger partial charge on any atom is 0.308 e. The minimum absolute atomic E-state index is 0.0756. The summed E-state index contributed by atoms with van der Waals surface area (Å²) in [4.78, 5) is 21.3. The van der Waals surface area contributed by atoms with Crippen molar-refractivity contribution in [1.29, 1.82) is 0 Å². The van der Waals surface area contributed by atoms with E-state index in [1.54, 1.807) is 12.4 Å². The van der Waals surface area contributed by atoms with Crippen LogP contribution in [0.15, 0.2) is 71.8 Å². The van der Waals surface area contributed by atoms with Gasteiger partial charge >= 0.3 is 4.87 Å². The number of hydrogen-bond donors (Lipinski definition) is 0. The lowest BCUT2D eigenvalue weighted by molar-refractivity contribution is 0.814. The Morgan fingerprint density at radius 1 is 1.00 bits per heavy atom. The van der Waals surface area contributed by atoms with E-state index in [0.717, 1.165) is 44.7 Å². The van der Waals surface area contributed by atoms with Gasteiger partial charge in [-0.05, 0) is 35.9 Å². The standard InChI is InChI=1S/C22H18N4OS/c1-2-21-24-17-13-23-12-11-18(17)26(21)16-9-7-15(8-10-16)14-25-19-5-3-4-6-20(19)28-22(25)27/h3-13H,2,14H2,1H3. The molecule has 0 saturated heterocycles. The van der Waals surface area contributed by atoms with Gasteiger partial charge in [0.2, 0.25) is 0 Å². The van der Waals surface area contributed by atoms with Gasteiger partial charge in [0.25, 0.3) is 0 Å². The maximum atomic E-state index is 12.4. The fraction of sp³-hybridized carbons (Fsp3) is 0.136. The molecule has 0 aliphatic rings. The van der Waals surface area contributed by atoms with Crippen molar-refractivity contribution in [3.63, 3.8) is 0 Å². The molecule has 0 aliphatic heterocycles. The van der Waals surface area contributed by atoms with E-state index in [2.05, 4.69) is 40.7 Å².